The molecule has 2 unspecified atom stereocenters. The van der Waals surface area contributed by atoms with Gasteiger partial charge < -0.3 is 25.4 Å². The molecular formula is C28H32ClN3O5. The first-order valence-electron chi connectivity index (χ1n) is 12.7. The molecule has 2 aromatic carbocycles. The van der Waals surface area contributed by atoms with E-state index in [2.05, 4.69) is 10.6 Å². The lowest BCUT2D eigenvalue weighted by Crippen LogP contribution is -2.57. The predicted octanol–water partition coefficient (Wildman–Crippen LogP) is 3.70. The van der Waals surface area contributed by atoms with E-state index in [9.17, 15) is 19.5 Å². The normalized spacial score (nSPS) is 30.9. The van der Waals surface area contributed by atoms with Gasteiger partial charge in [-0.05, 0) is 49.9 Å². The number of nitrogens with zero attached hydrogens (tertiary/aromatic N) is 1. The molecular weight excluding hydrogens is 494 g/mol. The van der Waals surface area contributed by atoms with Crippen LogP contribution in [0.2, 0.25) is 5.02 Å². The molecule has 1 spiro atoms. The van der Waals surface area contributed by atoms with Gasteiger partial charge in [-0.1, -0.05) is 55.8 Å². The molecule has 3 heterocycles. The first-order chi connectivity index (χ1) is 17.6. The Morgan fingerprint density at radius 1 is 1.08 bits per heavy atom. The summed E-state index contributed by atoms with van der Waals surface area (Å²) in [5.41, 5.74) is -1.05. The summed E-state index contributed by atoms with van der Waals surface area (Å²) in [6, 6.07) is 14.3. The van der Waals surface area contributed by atoms with Gasteiger partial charge in [0.1, 0.15) is 11.6 Å². The zero-order valence-electron chi connectivity index (χ0n) is 21.1. The fourth-order valence-corrected chi connectivity index (χ4v) is 6.73. The van der Waals surface area contributed by atoms with Crippen molar-refractivity contribution in [1.82, 2.24) is 4.90 Å². The van der Waals surface area contributed by atoms with Crippen LogP contribution in [0.25, 0.3) is 0 Å². The number of anilines is 2. The second kappa shape index (κ2) is 9.42. The van der Waals surface area contributed by atoms with Crippen LogP contribution in [-0.2, 0) is 19.1 Å². The number of ether oxygens (including phenoxy) is 1. The fraction of sp³-hybridized carbons (Fsp3) is 0.464. The lowest BCUT2D eigenvalue weighted by molar-refractivity contribution is -0.148. The Morgan fingerprint density at radius 3 is 2.41 bits per heavy atom. The first-order valence-corrected chi connectivity index (χ1v) is 13.1. The molecule has 2 aromatic rings. The van der Waals surface area contributed by atoms with Crippen molar-refractivity contribution >= 4 is 40.7 Å². The largest absolute Gasteiger partial charge is 0.394 e. The van der Waals surface area contributed by atoms with Gasteiger partial charge in [0.15, 0.2) is 0 Å². The average molecular weight is 526 g/mol. The molecule has 3 aliphatic rings. The first kappa shape index (κ1) is 25.7. The van der Waals surface area contributed by atoms with E-state index in [1.807, 2.05) is 39.0 Å². The molecule has 3 N–H and O–H groups in total. The highest BCUT2D eigenvalue weighted by atomic mass is 35.5. The third kappa shape index (κ3) is 4.02. The van der Waals surface area contributed by atoms with E-state index in [1.54, 1.807) is 36.4 Å². The van der Waals surface area contributed by atoms with Crippen LogP contribution in [-0.4, -0.2) is 57.6 Å². The van der Waals surface area contributed by atoms with E-state index in [1.165, 1.54) is 4.90 Å². The molecule has 2 bridgehead atoms. The Labute approximate surface area is 221 Å². The number of para-hydroxylation sites is 2. The van der Waals surface area contributed by atoms with E-state index in [0.29, 0.717) is 29.2 Å². The molecule has 3 fully saturated rings. The van der Waals surface area contributed by atoms with Gasteiger partial charge in [-0.2, -0.15) is 0 Å². The average Bonchev–Trinajstić information content (AvgIpc) is 3.42. The maximum absolute atomic E-state index is 14.2. The number of fused-ring (bicyclic) bond motifs is 1. The van der Waals surface area contributed by atoms with E-state index < -0.39 is 41.0 Å². The minimum absolute atomic E-state index is 0.135. The van der Waals surface area contributed by atoms with Gasteiger partial charge in [-0.3, -0.25) is 14.4 Å². The molecule has 0 aliphatic carbocycles. The Kier molecular flexibility index (Phi) is 6.54. The molecule has 5 rings (SSSR count). The van der Waals surface area contributed by atoms with Gasteiger partial charge >= 0.3 is 0 Å². The maximum Gasteiger partial charge on any atom is 0.250 e. The van der Waals surface area contributed by atoms with Gasteiger partial charge in [0, 0.05) is 5.69 Å². The molecule has 0 saturated carbocycles. The van der Waals surface area contributed by atoms with Gasteiger partial charge in [0.05, 0.1) is 40.8 Å². The number of carbonyl (C=O) groups excluding carboxylic acids is 3. The number of halogens is 1. The lowest BCUT2D eigenvalue weighted by Gasteiger charge is -2.38. The second-order valence-electron chi connectivity index (χ2n) is 10.8. The van der Waals surface area contributed by atoms with Gasteiger partial charge in [-0.25, -0.2) is 0 Å². The van der Waals surface area contributed by atoms with Crippen LogP contribution in [0, 0.1) is 17.8 Å². The topological polar surface area (TPSA) is 108 Å². The smallest absolute Gasteiger partial charge is 0.250 e. The molecule has 3 aliphatic heterocycles. The number of benzene rings is 2. The fourth-order valence-electron chi connectivity index (χ4n) is 6.55. The zero-order valence-corrected chi connectivity index (χ0v) is 21.9. The maximum atomic E-state index is 14.2. The minimum Gasteiger partial charge on any atom is -0.394 e. The molecule has 8 nitrogen and oxygen atoms in total. The molecule has 9 heteroatoms. The number of hydrogen-bond acceptors (Lipinski definition) is 5. The van der Waals surface area contributed by atoms with Crippen molar-refractivity contribution in [3.63, 3.8) is 0 Å². The van der Waals surface area contributed by atoms with Crippen LogP contribution in [0.15, 0.2) is 54.6 Å². The molecule has 3 saturated heterocycles. The lowest BCUT2D eigenvalue weighted by atomic mass is 9.66. The second-order valence-corrected chi connectivity index (χ2v) is 11.2. The summed E-state index contributed by atoms with van der Waals surface area (Å²) in [6.07, 6.45) is 0.973. The van der Waals surface area contributed by atoms with Crippen LogP contribution in [0.4, 0.5) is 11.4 Å². The van der Waals surface area contributed by atoms with Crippen molar-refractivity contribution in [2.45, 2.75) is 56.9 Å². The third-order valence-electron chi connectivity index (χ3n) is 8.23. The van der Waals surface area contributed by atoms with Crippen LogP contribution >= 0.6 is 11.6 Å². The van der Waals surface area contributed by atoms with E-state index in [0.717, 1.165) is 0 Å². The Balaban J connectivity index is 1.56. The van der Waals surface area contributed by atoms with Crippen molar-refractivity contribution in [3.8, 4) is 0 Å². The number of rotatable bonds is 7. The van der Waals surface area contributed by atoms with Gasteiger partial charge in [0.25, 0.3) is 0 Å². The number of hydrogen-bond donors (Lipinski definition) is 3. The molecule has 37 heavy (non-hydrogen) atoms. The number of nitrogens with one attached hydrogen (secondary N) is 2. The number of aliphatic hydroxyl groups is 1. The van der Waals surface area contributed by atoms with Gasteiger partial charge in [0.2, 0.25) is 17.7 Å². The summed E-state index contributed by atoms with van der Waals surface area (Å²) in [6.45, 7) is 5.31. The van der Waals surface area contributed by atoms with E-state index in [4.69, 9.17) is 16.3 Å². The van der Waals surface area contributed by atoms with E-state index in [-0.39, 0.29) is 24.3 Å². The molecule has 6 atom stereocenters. The predicted molar refractivity (Wildman–Crippen MR) is 140 cm³/mol. The van der Waals surface area contributed by atoms with Crippen LogP contribution < -0.4 is 10.6 Å². The summed E-state index contributed by atoms with van der Waals surface area (Å²) in [7, 11) is 0. The number of amides is 3. The van der Waals surface area contributed by atoms with Crippen LogP contribution in [0.3, 0.4) is 0 Å². The summed E-state index contributed by atoms with van der Waals surface area (Å²) in [5.74, 6) is -2.89. The molecule has 0 radical (unpaired) electrons. The van der Waals surface area contributed by atoms with Crippen molar-refractivity contribution in [1.29, 1.82) is 0 Å². The molecule has 196 valence electrons. The quantitative estimate of drug-likeness (QED) is 0.511. The number of aliphatic hydroxyl groups excluding tert-OH is 1. The Bertz CT molecular complexity index is 1220. The highest BCUT2D eigenvalue weighted by Crippen LogP contribution is 2.63. The number of carbonyl (C=O) groups is 3. The SMILES string of the molecule is CC(C)[C@H](CO)N1C(=O)[C@@H]2[C@@H](C(=O)Nc3ccccc3)[C@@]3(C)CCC2(O3)C1C(=O)Nc1ccccc1Cl. The summed E-state index contributed by atoms with van der Waals surface area (Å²) < 4.78 is 6.62. The molecule has 0 aromatic heterocycles. The minimum atomic E-state index is -1.20. The standard InChI is InChI=1S/C28H32ClN3O5/c1-16(2)20(15-33)32-23(25(35)31-19-12-8-7-11-18(19)29)28-14-13-27(3,37-28)21(22(28)26(32)36)24(34)30-17-9-5-4-6-10-17/h4-12,16,20-23,33H,13-15H2,1-3H3,(H,30,34)(H,31,35)/t20-,21-,22-,23?,27+,28?/m0/s1. The van der Waals surface area contributed by atoms with E-state index >= 15 is 0 Å². The highest BCUT2D eigenvalue weighted by molar-refractivity contribution is 6.33. The highest BCUT2D eigenvalue weighted by Gasteiger charge is 2.78. The summed E-state index contributed by atoms with van der Waals surface area (Å²) in [5, 5.41) is 16.5. The Morgan fingerprint density at radius 2 is 1.76 bits per heavy atom. The van der Waals surface area contributed by atoms with Crippen molar-refractivity contribution < 1.29 is 24.2 Å². The molecule has 3 amide bonds. The summed E-state index contributed by atoms with van der Waals surface area (Å²) in [4.78, 5) is 43.2. The third-order valence-corrected chi connectivity index (χ3v) is 8.56. The monoisotopic (exact) mass is 525 g/mol. The zero-order chi connectivity index (χ0) is 26.5. The van der Waals surface area contributed by atoms with Crippen LogP contribution in [0.1, 0.15) is 33.6 Å². The Hall–Kier alpha value is -2.94. The summed E-state index contributed by atoms with van der Waals surface area (Å²) >= 11 is 6.31. The van der Waals surface area contributed by atoms with Crippen molar-refractivity contribution in [2.75, 3.05) is 17.2 Å². The number of likely N-dealkylation sites (tertiary alicyclic amines) is 1. The van der Waals surface area contributed by atoms with Crippen LogP contribution in [0.5, 0.6) is 0 Å². The van der Waals surface area contributed by atoms with Crippen molar-refractivity contribution in [3.05, 3.63) is 59.6 Å². The van der Waals surface area contributed by atoms with Gasteiger partial charge in [-0.15, -0.1) is 0 Å². The van der Waals surface area contributed by atoms with Crippen molar-refractivity contribution in [2.24, 2.45) is 17.8 Å².